The first-order valence-electron chi connectivity index (χ1n) is 11.8. The van der Waals surface area contributed by atoms with Crippen LogP contribution in [0.1, 0.15) is 17.9 Å². The van der Waals surface area contributed by atoms with Gasteiger partial charge in [-0.15, -0.1) is 0 Å². The number of hydrogen-bond donors (Lipinski definition) is 1. The van der Waals surface area contributed by atoms with E-state index in [9.17, 15) is 4.79 Å². The number of oxazole rings is 1. The molecule has 3 aromatic carbocycles. The molecule has 186 valence electrons. The molecule has 1 amide bonds. The van der Waals surface area contributed by atoms with E-state index in [0.717, 1.165) is 37.4 Å². The number of aromatic nitrogens is 1. The van der Waals surface area contributed by atoms with Gasteiger partial charge in [0, 0.05) is 56.3 Å². The van der Waals surface area contributed by atoms with Crippen LogP contribution in [-0.2, 0) is 11.2 Å². The van der Waals surface area contributed by atoms with Crippen LogP contribution in [0.15, 0.2) is 65.1 Å². The number of halogens is 3. The summed E-state index contributed by atoms with van der Waals surface area (Å²) in [6, 6.07) is 18.8. The Morgan fingerprint density at radius 1 is 0.972 bits per heavy atom. The summed E-state index contributed by atoms with van der Waals surface area (Å²) < 4.78 is 5.86. The summed E-state index contributed by atoms with van der Waals surface area (Å²) in [5, 5.41) is 4.83. The first-order chi connectivity index (χ1) is 17.4. The van der Waals surface area contributed by atoms with Crippen LogP contribution in [0.2, 0.25) is 15.1 Å². The van der Waals surface area contributed by atoms with Crippen molar-refractivity contribution in [2.75, 3.05) is 42.9 Å². The number of carbonyl (C=O) groups is 1. The average Bonchev–Trinajstić information content (AvgIpc) is 3.28. The molecule has 1 aliphatic rings. The van der Waals surface area contributed by atoms with Gasteiger partial charge >= 0.3 is 0 Å². The summed E-state index contributed by atoms with van der Waals surface area (Å²) in [7, 11) is 0. The van der Waals surface area contributed by atoms with E-state index in [1.165, 1.54) is 0 Å². The van der Waals surface area contributed by atoms with Gasteiger partial charge in [0.05, 0.1) is 15.7 Å². The highest BCUT2D eigenvalue weighted by molar-refractivity contribution is 6.43. The Hall–Kier alpha value is -2.77. The molecule has 1 aliphatic heterocycles. The number of anilines is 2. The van der Waals surface area contributed by atoms with Crippen LogP contribution in [-0.4, -0.2) is 48.5 Å². The van der Waals surface area contributed by atoms with Gasteiger partial charge in [0.1, 0.15) is 5.52 Å². The van der Waals surface area contributed by atoms with E-state index < -0.39 is 0 Å². The maximum atomic E-state index is 12.6. The van der Waals surface area contributed by atoms with Gasteiger partial charge in [-0.25, -0.2) is 4.98 Å². The van der Waals surface area contributed by atoms with Crippen molar-refractivity contribution in [2.24, 2.45) is 0 Å². The van der Waals surface area contributed by atoms with Crippen LogP contribution < -0.4 is 10.2 Å². The topological polar surface area (TPSA) is 61.6 Å². The number of rotatable bonds is 7. The predicted octanol–water partition coefficient (Wildman–Crippen LogP) is 6.53. The summed E-state index contributed by atoms with van der Waals surface area (Å²) in [6.07, 6.45) is 0.987. The van der Waals surface area contributed by atoms with Gasteiger partial charge in [-0.1, -0.05) is 53.0 Å². The number of carbonyl (C=O) groups excluding carboxylic acids is 1. The monoisotopic (exact) mass is 542 g/mol. The maximum Gasteiger partial charge on any atom is 0.225 e. The van der Waals surface area contributed by atoms with E-state index in [1.54, 1.807) is 6.07 Å². The Morgan fingerprint density at radius 3 is 2.53 bits per heavy atom. The van der Waals surface area contributed by atoms with Gasteiger partial charge < -0.3 is 14.6 Å². The van der Waals surface area contributed by atoms with Gasteiger partial charge in [-0.05, 0) is 48.0 Å². The second kappa shape index (κ2) is 11.1. The SMILES string of the molecule is O=C(CCN1CCN(c2cccc(Cl)c2Cl)CC1)Nc1ccc2oc(Cc3ccc(Cl)cc3)nc2c1. The molecule has 1 N–H and O–H groups in total. The number of amides is 1. The lowest BCUT2D eigenvalue weighted by Gasteiger charge is -2.36. The highest BCUT2D eigenvalue weighted by Gasteiger charge is 2.20. The lowest BCUT2D eigenvalue weighted by atomic mass is 10.1. The molecule has 0 radical (unpaired) electrons. The summed E-state index contributed by atoms with van der Waals surface area (Å²) in [5.74, 6) is 0.591. The van der Waals surface area contributed by atoms with Crippen molar-refractivity contribution in [3.05, 3.63) is 87.2 Å². The lowest BCUT2D eigenvalue weighted by molar-refractivity contribution is -0.116. The standard InChI is InChI=1S/C27H25Cl3N4O2/c28-19-6-4-18(5-7-19)16-26-32-22-17-20(8-9-24(22)36-26)31-25(35)10-11-33-12-14-34(15-13-33)23-3-1-2-21(29)27(23)30/h1-9,17H,10-16H2,(H,31,35). The normalized spacial score (nSPS) is 14.4. The third-order valence-corrected chi connectivity index (χ3v) is 7.34. The van der Waals surface area contributed by atoms with Crippen molar-refractivity contribution in [2.45, 2.75) is 12.8 Å². The molecule has 1 aromatic heterocycles. The van der Waals surface area contributed by atoms with Crippen LogP contribution in [0.3, 0.4) is 0 Å². The largest absolute Gasteiger partial charge is 0.440 e. The molecule has 6 nitrogen and oxygen atoms in total. The van der Waals surface area contributed by atoms with Crippen LogP contribution in [0, 0.1) is 0 Å². The Balaban J connectivity index is 1.11. The van der Waals surface area contributed by atoms with Gasteiger partial charge in [0.25, 0.3) is 0 Å². The predicted molar refractivity (Wildman–Crippen MR) is 147 cm³/mol. The zero-order valence-electron chi connectivity index (χ0n) is 19.5. The molecule has 5 rings (SSSR count). The molecular weight excluding hydrogens is 519 g/mol. The zero-order chi connectivity index (χ0) is 25.1. The van der Waals surface area contributed by atoms with Crippen LogP contribution >= 0.6 is 34.8 Å². The third kappa shape index (κ3) is 5.95. The van der Waals surface area contributed by atoms with E-state index in [0.29, 0.717) is 57.1 Å². The second-order valence-electron chi connectivity index (χ2n) is 8.79. The summed E-state index contributed by atoms with van der Waals surface area (Å²) in [6.45, 7) is 4.08. The molecule has 1 fully saturated rings. The third-order valence-electron chi connectivity index (χ3n) is 6.28. The molecule has 0 unspecified atom stereocenters. The summed E-state index contributed by atoms with van der Waals surface area (Å²) >= 11 is 18.5. The fourth-order valence-corrected chi connectivity index (χ4v) is 4.88. The molecule has 9 heteroatoms. The van der Waals surface area contributed by atoms with Gasteiger partial charge in [0.15, 0.2) is 11.5 Å². The molecule has 0 spiro atoms. The highest BCUT2D eigenvalue weighted by atomic mass is 35.5. The smallest absolute Gasteiger partial charge is 0.225 e. The fraction of sp³-hybridized carbons (Fsp3) is 0.259. The molecular formula is C27H25Cl3N4O2. The molecule has 2 heterocycles. The molecule has 0 bridgehead atoms. The number of piperazine rings is 1. The number of benzene rings is 3. The van der Waals surface area contributed by atoms with Crippen molar-refractivity contribution in [1.29, 1.82) is 0 Å². The second-order valence-corrected chi connectivity index (χ2v) is 10.0. The van der Waals surface area contributed by atoms with Crippen LogP contribution in [0.4, 0.5) is 11.4 Å². The summed E-state index contributed by atoms with van der Waals surface area (Å²) in [5.41, 5.74) is 4.14. The van der Waals surface area contributed by atoms with Crippen molar-refractivity contribution in [3.63, 3.8) is 0 Å². The number of fused-ring (bicyclic) bond motifs is 1. The number of hydrogen-bond acceptors (Lipinski definition) is 5. The van der Waals surface area contributed by atoms with Gasteiger partial charge in [-0.2, -0.15) is 0 Å². The van der Waals surface area contributed by atoms with Crippen LogP contribution in [0.25, 0.3) is 11.1 Å². The quantitative estimate of drug-likeness (QED) is 0.287. The number of nitrogens with zero attached hydrogens (tertiary/aromatic N) is 3. The molecule has 0 atom stereocenters. The van der Waals surface area contributed by atoms with E-state index in [1.807, 2.05) is 54.6 Å². The van der Waals surface area contributed by atoms with Crippen LogP contribution in [0.5, 0.6) is 0 Å². The molecule has 0 saturated carbocycles. The van der Waals surface area contributed by atoms with Gasteiger partial charge in [-0.3, -0.25) is 9.69 Å². The molecule has 0 aliphatic carbocycles. The minimum Gasteiger partial charge on any atom is -0.440 e. The van der Waals surface area contributed by atoms with Gasteiger partial charge in [0.2, 0.25) is 5.91 Å². The lowest BCUT2D eigenvalue weighted by Crippen LogP contribution is -2.47. The highest BCUT2D eigenvalue weighted by Crippen LogP contribution is 2.33. The Kier molecular flexibility index (Phi) is 7.67. The summed E-state index contributed by atoms with van der Waals surface area (Å²) in [4.78, 5) is 21.7. The zero-order valence-corrected chi connectivity index (χ0v) is 21.8. The molecule has 4 aromatic rings. The van der Waals surface area contributed by atoms with Crippen molar-refractivity contribution < 1.29 is 9.21 Å². The minimum absolute atomic E-state index is 0.0282. The Labute approximate surface area is 224 Å². The van der Waals surface area contributed by atoms with E-state index in [2.05, 4.69) is 20.1 Å². The van der Waals surface area contributed by atoms with Crippen molar-refractivity contribution in [1.82, 2.24) is 9.88 Å². The minimum atomic E-state index is -0.0282. The Morgan fingerprint density at radius 2 is 1.75 bits per heavy atom. The van der Waals surface area contributed by atoms with Crippen molar-refractivity contribution in [3.8, 4) is 0 Å². The van der Waals surface area contributed by atoms with E-state index in [-0.39, 0.29) is 5.91 Å². The fourth-order valence-electron chi connectivity index (χ4n) is 4.34. The Bertz CT molecular complexity index is 1370. The average molecular weight is 544 g/mol. The van der Waals surface area contributed by atoms with E-state index in [4.69, 9.17) is 39.2 Å². The first kappa shape index (κ1) is 24.9. The van der Waals surface area contributed by atoms with E-state index >= 15 is 0 Å². The maximum absolute atomic E-state index is 12.6. The number of nitrogens with one attached hydrogen (secondary N) is 1. The molecule has 36 heavy (non-hydrogen) atoms. The molecule has 1 saturated heterocycles. The van der Waals surface area contributed by atoms with Crippen molar-refractivity contribution >= 4 is 63.2 Å². The first-order valence-corrected chi connectivity index (χ1v) is 12.9.